The summed E-state index contributed by atoms with van der Waals surface area (Å²) in [6.45, 7) is 2.36. The Hall–Kier alpha value is -2.41. The maximum Gasteiger partial charge on any atom is 0.240 e. The number of ether oxygens (including phenoxy) is 1. The summed E-state index contributed by atoms with van der Waals surface area (Å²) in [7, 11) is 5.36. The maximum atomic E-state index is 13.5. The van der Waals surface area contributed by atoms with E-state index in [0.29, 0.717) is 24.4 Å². The molecule has 0 bridgehead atoms. The van der Waals surface area contributed by atoms with E-state index in [1.807, 2.05) is 30.0 Å². The minimum Gasteiger partial charge on any atom is -0.497 e. The lowest BCUT2D eigenvalue weighted by atomic mass is 9.75. The van der Waals surface area contributed by atoms with Crippen molar-refractivity contribution in [3.05, 3.63) is 29.8 Å². The number of hydrogen-bond acceptors (Lipinski definition) is 5. The predicted octanol–water partition coefficient (Wildman–Crippen LogP) is 1.27. The molecule has 0 spiro atoms. The largest absolute Gasteiger partial charge is 0.497 e. The zero-order valence-corrected chi connectivity index (χ0v) is 16.9. The summed E-state index contributed by atoms with van der Waals surface area (Å²) in [5.41, 5.74) is -0.484. The second kappa shape index (κ2) is 8.31. The Bertz CT molecular complexity index is 758. The van der Waals surface area contributed by atoms with Gasteiger partial charge in [-0.1, -0.05) is 12.1 Å². The molecule has 3 amide bonds. The molecule has 1 aromatic carbocycles. The van der Waals surface area contributed by atoms with Crippen LogP contribution in [-0.2, 0) is 19.8 Å². The molecule has 7 nitrogen and oxygen atoms in total. The molecule has 1 aromatic rings. The van der Waals surface area contributed by atoms with Gasteiger partial charge in [-0.05, 0) is 44.6 Å². The SMILES string of the molecule is COc1cccc(C2(CC(=O)N3CCCC3)CC(=O)N(CCN(C)C)C2=O)c1. The van der Waals surface area contributed by atoms with E-state index in [9.17, 15) is 14.4 Å². The van der Waals surface area contributed by atoms with E-state index in [2.05, 4.69) is 0 Å². The molecule has 2 aliphatic heterocycles. The number of rotatable bonds is 7. The number of amides is 3. The lowest BCUT2D eigenvalue weighted by molar-refractivity contribution is -0.142. The van der Waals surface area contributed by atoms with Gasteiger partial charge in [-0.3, -0.25) is 19.3 Å². The number of likely N-dealkylation sites (tertiary alicyclic amines) is 2. The van der Waals surface area contributed by atoms with E-state index in [-0.39, 0.29) is 30.6 Å². The highest BCUT2D eigenvalue weighted by atomic mass is 16.5. The number of likely N-dealkylation sites (N-methyl/N-ethyl adjacent to an activating group) is 1. The van der Waals surface area contributed by atoms with Crippen LogP contribution in [0.1, 0.15) is 31.2 Å². The number of nitrogens with zero attached hydrogens (tertiary/aromatic N) is 3. The number of carbonyl (C=O) groups excluding carboxylic acids is 3. The molecule has 152 valence electrons. The summed E-state index contributed by atoms with van der Waals surface area (Å²) in [6.07, 6.45) is 2.01. The maximum absolute atomic E-state index is 13.5. The second-order valence-electron chi connectivity index (χ2n) is 7.91. The van der Waals surface area contributed by atoms with Crippen LogP contribution in [0.15, 0.2) is 24.3 Å². The molecular weight excluding hydrogens is 358 g/mol. The Kier molecular flexibility index (Phi) is 6.03. The Morgan fingerprint density at radius 1 is 1.21 bits per heavy atom. The normalized spacial score (nSPS) is 22.4. The number of imide groups is 1. The average Bonchev–Trinajstić information content (AvgIpc) is 3.29. The third-order valence-corrected chi connectivity index (χ3v) is 5.71. The fourth-order valence-electron chi connectivity index (χ4n) is 4.05. The smallest absolute Gasteiger partial charge is 0.240 e. The minimum atomic E-state index is -1.16. The van der Waals surface area contributed by atoms with Crippen LogP contribution in [0.25, 0.3) is 0 Å². The van der Waals surface area contributed by atoms with Crippen LogP contribution in [-0.4, -0.2) is 79.8 Å². The molecule has 3 rings (SSSR count). The van der Waals surface area contributed by atoms with Crippen LogP contribution in [0.4, 0.5) is 0 Å². The highest BCUT2D eigenvalue weighted by Crippen LogP contribution is 2.41. The van der Waals surface area contributed by atoms with Crippen LogP contribution in [0, 0.1) is 0 Å². The summed E-state index contributed by atoms with van der Waals surface area (Å²) in [4.78, 5) is 44.3. The summed E-state index contributed by atoms with van der Waals surface area (Å²) >= 11 is 0. The molecule has 2 fully saturated rings. The fraction of sp³-hybridized carbons (Fsp3) is 0.571. The third-order valence-electron chi connectivity index (χ3n) is 5.71. The molecular formula is C21H29N3O4. The lowest BCUT2D eigenvalue weighted by Gasteiger charge is -2.29. The van der Waals surface area contributed by atoms with Crippen LogP contribution in [0.2, 0.25) is 0 Å². The van der Waals surface area contributed by atoms with Crippen molar-refractivity contribution in [1.82, 2.24) is 14.7 Å². The number of hydrogen-bond donors (Lipinski definition) is 0. The quantitative estimate of drug-likeness (QED) is 0.659. The van der Waals surface area contributed by atoms with Crippen molar-refractivity contribution in [3.63, 3.8) is 0 Å². The molecule has 2 saturated heterocycles. The van der Waals surface area contributed by atoms with Gasteiger partial charge in [0.15, 0.2) is 0 Å². The Labute approximate surface area is 166 Å². The minimum absolute atomic E-state index is 0.0171. The van der Waals surface area contributed by atoms with Crippen LogP contribution >= 0.6 is 0 Å². The van der Waals surface area contributed by atoms with Crippen molar-refractivity contribution in [3.8, 4) is 5.75 Å². The van der Waals surface area contributed by atoms with Crippen LogP contribution in [0.3, 0.4) is 0 Å². The molecule has 1 unspecified atom stereocenters. The fourth-order valence-corrected chi connectivity index (χ4v) is 4.05. The first kappa shape index (κ1) is 20.3. The molecule has 28 heavy (non-hydrogen) atoms. The Morgan fingerprint density at radius 2 is 1.93 bits per heavy atom. The summed E-state index contributed by atoms with van der Waals surface area (Å²) in [6, 6.07) is 7.19. The van der Waals surface area contributed by atoms with E-state index in [0.717, 1.165) is 25.9 Å². The average molecular weight is 387 g/mol. The molecule has 0 aromatic heterocycles. The number of benzene rings is 1. The predicted molar refractivity (Wildman–Crippen MR) is 105 cm³/mol. The first-order valence-corrected chi connectivity index (χ1v) is 9.79. The molecule has 2 aliphatic rings. The van der Waals surface area contributed by atoms with Gasteiger partial charge < -0.3 is 14.5 Å². The zero-order chi connectivity index (χ0) is 20.3. The number of carbonyl (C=O) groups is 3. The van der Waals surface area contributed by atoms with Gasteiger partial charge in [0.25, 0.3) is 0 Å². The highest BCUT2D eigenvalue weighted by molar-refractivity contribution is 6.10. The van der Waals surface area contributed by atoms with Gasteiger partial charge in [0.1, 0.15) is 5.75 Å². The van der Waals surface area contributed by atoms with Gasteiger partial charge in [-0.15, -0.1) is 0 Å². The van der Waals surface area contributed by atoms with Gasteiger partial charge in [0, 0.05) is 39.0 Å². The molecule has 0 aliphatic carbocycles. The van der Waals surface area contributed by atoms with Gasteiger partial charge >= 0.3 is 0 Å². The second-order valence-corrected chi connectivity index (χ2v) is 7.91. The van der Waals surface area contributed by atoms with E-state index >= 15 is 0 Å². The standard InChI is InChI=1S/C21H29N3O4/c1-22(2)11-12-24-19(26)15-21(20(24)27,14-18(25)23-9-4-5-10-23)16-7-6-8-17(13-16)28-3/h6-8,13H,4-5,9-12,14-15H2,1-3H3. The van der Waals surface area contributed by atoms with Gasteiger partial charge in [-0.25, -0.2) is 0 Å². The Balaban J connectivity index is 1.95. The van der Waals surface area contributed by atoms with Crippen molar-refractivity contribution in [2.24, 2.45) is 0 Å². The number of methoxy groups -OCH3 is 1. The molecule has 7 heteroatoms. The molecule has 0 saturated carbocycles. The van der Waals surface area contributed by atoms with Crippen molar-refractivity contribution in [2.45, 2.75) is 31.1 Å². The highest BCUT2D eigenvalue weighted by Gasteiger charge is 2.54. The summed E-state index contributed by atoms with van der Waals surface area (Å²) < 4.78 is 5.32. The van der Waals surface area contributed by atoms with Crippen LogP contribution in [0.5, 0.6) is 5.75 Å². The third kappa shape index (κ3) is 3.90. The molecule has 0 N–H and O–H groups in total. The molecule has 0 radical (unpaired) electrons. The monoisotopic (exact) mass is 387 g/mol. The van der Waals surface area contributed by atoms with E-state index in [1.165, 1.54) is 4.90 Å². The van der Waals surface area contributed by atoms with Crippen molar-refractivity contribution < 1.29 is 19.1 Å². The van der Waals surface area contributed by atoms with E-state index in [1.54, 1.807) is 25.3 Å². The van der Waals surface area contributed by atoms with Gasteiger partial charge in [0.05, 0.1) is 12.5 Å². The zero-order valence-electron chi connectivity index (χ0n) is 16.9. The van der Waals surface area contributed by atoms with E-state index < -0.39 is 5.41 Å². The Morgan fingerprint density at radius 3 is 2.57 bits per heavy atom. The van der Waals surface area contributed by atoms with Crippen LogP contribution < -0.4 is 4.74 Å². The van der Waals surface area contributed by atoms with Crippen molar-refractivity contribution in [2.75, 3.05) is 47.4 Å². The molecule has 2 heterocycles. The van der Waals surface area contributed by atoms with Gasteiger partial charge in [0.2, 0.25) is 17.7 Å². The summed E-state index contributed by atoms with van der Waals surface area (Å²) in [5, 5.41) is 0. The van der Waals surface area contributed by atoms with Gasteiger partial charge in [-0.2, -0.15) is 0 Å². The lowest BCUT2D eigenvalue weighted by Crippen LogP contribution is -2.44. The van der Waals surface area contributed by atoms with Crippen molar-refractivity contribution in [1.29, 1.82) is 0 Å². The molecule has 1 atom stereocenters. The topological polar surface area (TPSA) is 70.2 Å². The summed E-state index contributed by atoms with van der Waals surface area (Å²) in [5.74, 6) is 0.0532. The first-order valence-electron chi connectivity index (χ1n) is 9.79. The van der Waals surface area contributed by atoms with Crippen molar-refractivity contribution >= 4 is 17.7 Å². The van der Waals surface area contributed by atoms with E-state index in [4.69, 9.17) is 4.74 Å². The first-order chi connectivity index (χ1) is 13.4.